The highest BCUT2D eigenvalue weighted by atomic mass is 16.4. The van der Waals surface area contributed by atoms with Gasteiger partial charge in [0.1, 0.15) is 0 Å². The standard InChI is InChI=1S/C25H23NO5/c1-2-19(23(28)29)20-15-9-10-16-21(20)25(24(30)31,18-13-7-4-8-14-18)26-22(27)17-11-5-3-6-12-17/h3-16,19H,2H2,1H3,(H,26,27)(H,28,29)(H,30,31). The molecule has 3 aromatic carbocycles. The van der Waals surface area contributed by atoms with Gasteiger partial charge in [0.2, 0.25) is 0 Å². The van der Waals surface area contributed by atoms with E-state index in [9.17, 15) is 24.6 Å². The van der Waals surface area contributed by atoms with Crippen LogP contribution in [-0.4, -0.2) is 28.1 Å². The predicted octanol–water partition coefficient (Wildman–Crippen LogP) is 4.02. The molecule has 0 spiro atoms. The van der Waals surface area contributed by atoms with Crippen LogP contribution in [0.25, 0.3) is 0 Å². The Labute approximate surface area is 180 Å². The average molecular weight is 417 g/mol. The van der Waals surface area contributed by atoms with Crippen LogP contribution >= 0.6 is 0 Å². The predicted molar refractivity (Wildman–Crippen MR) is 116 cm³/mol. The normalized spacial score (nSPS) is 13.6. The van der Waals surface area contributed by atoms with Gasteiger partial charge in [0, 0.05) is 5.56 Å². The highest BCUT2D eigenvalue weighted by Crippen LogP contribution is 2.37. The molecule has 0 saturated carbocycles. The number of carboxylic acids is 2. The number of hydrogen-bond donors (Lipinski definition) is 3. The van der Waals surface area contributed by atoms with E-state index < -0.39 is 29.3 Å². The van der Waals surface area contributed by atoms with E-state index in [-0.39, 0.29) is 12.0 Å². The maximum absolute atomic E-state index is 13.1. The van der Waals surface area contributed by atoms with Gasteiger partial charge in [-0.05, 0) is 35.2 Å². The van der Waals surface area contributed by atoms with Crippen molar-refractivity contribution in [3.05, 3.63) is 107 Å². The van der Waals surface area contributed by atoms with Gasteiger partial charge in [0.05, 0.1) is 5.92 Å². The Hall–Kier alpha value is -3.93. The minimum Gasteiger partial charge on any atom is -0.481 e. The van der Waals surface area contributed by atoms with Crippen LogP contribution < -0.4 is 5.32 Å². The van der Waals surface area contributed by atoms with Gasteiger partial charge in [-0.1, -0.05) is 79.7 Å². The van der Waals surface area contributed by atoms with Gasteiger partial charge in [0.15, 0.2) is 5.54 Å². The Balaban J connectivity index is 2.29. The fourth-order valence-electron chi connectivity index (χ4n) is 3.78. The number of nitrogens with one attached hydrogen (secondary N) is 1. The third-order valence-electron chi connectivity index (χ3n) is 5.31. The summed E-state index contributed by atoms with van der Waals surface area (Å²) in [7, 11) is 0. The second kappa shape index (κ2) is 9.26. The Morgan fingerprint density at radius 1 is 0.839 bits per heavy atom. The fourth-order valence-corrected chi connectivity index (χ4v) is 3.78. The molecule has 6 heteroatoms. The maximum atomic E-state index is 13.1. The molecule has 0 aliphatic heterocycles. The quantitative estimate of drug-likeness (QED) is 0.514. The number of carbonyl (C=O) groups is 3. The third kappa shape index (κ3) is 4.19. The molecule has 158 valence electrons. The van der Waals surface area contributed by atoms with Crippen LogP contribution in [0, 0.1) is 0 Å². The molecular formula is C25H23NO5. The summed E-state index contributed by atoms with van der Waals surface area (Å²) in [5, 5.41) is 22.9. The van der Waals surface area contributed by atoms with Gasteiger partial charge in [-0.15, -0.1) is 0 Å². The van der Waals surface area contributed by atoms with E-state index in [1.54, 1.807) is 91.9 Å². The van der Waals surface area contributed by atoms with Crippen LogP contribution in [0.15, 0.2) is 84.9 Å². The van der Waals surface area contributed by atoms with Crippen molar-refractivity contribution in [3.63, 3.8) is 0 Å². The monoisotopic (exact) mass is 417 g/mol. The molecule has 0 aliphatic carbocycles. The Morgan fingerprint density at radius 2 is 1.39 bits per heavy atom. The molecule has 2 unspecified atom stereocenters. The van der Waals surface area contributed by atoms with Crippen molar-refractivity contribution < 1.29 is 24.6 Å². The fraction of sp³-hybridized carbons (Fsp3) is 0.160. The maximum Gasteiger partial charge on any atom is 0.338 e. The number of carbonyl (C=O) groups excluding carboxylic acids is 1. The van der Waals surface area contributed by atoms with Gasteiger partial charge in [0.25, 0.3) is 5.91 Å². The van der Waals surface area contributed by atoms with Crippen molar-refractivity contribution in [2.45, 2.75) is 24.8 Å². The Kier molecular flexibility index (Phi) is 6.50. The van der Waals surface area contributed by atoms with E-state index in [0.717, 1.165) is 0 Å². The highest BCUT2D eigenvalue weighted by molar-refractivity contribution is 6.00. The van der Waals surface area contributed by atoms with Crippen molar-refractivity contribution in [1.29, 1.82) is 0 Å². The summed E-state index contributed by atoms with van der Waals surface area (Å²) in [6.45, 7) is 1.73. The number of benzene rings is 3. The van der Waals surface area contributed by atoms with Crippen molar-refractivity contribution in [3.8, 4) is 0 Å². The molecule has 0 aromatic heterocycles. The second-order valence-corrected chi connectivity index (χ2v) is 7.13. The topological polar surface area (TPSA) is 104 Å². The van der Waals surface area contributed by atoms with E-state index in [2.05, 4.69) is 5.32 Å². The molecule has 0 fully saturated rings. The van der Waals surface area contributed by atoms with Gasteiger partial charge in [-0.2, -0.15) is 0 Å². The summed E-state index contributed by atoms with van der Waals surface area (Å²) in [5.74, 6) is -3.87. The lowest BCUT2D eigenvalue weighted by Gasteiger charge is -2.34. The van der Waals surface area contributed by atoms with Crippen molar-refractivity contribution >= 4 is 17.8 Å². The first-order chi connectivity index (χ1) is 14.9. The number of carboxylic acid groups (broad SMARTS) is 2. The molecule has 0 radical (unpaired) electrons. The second-order valence-electron chi connectivity index (χ2n) is 7.13. The summed E-state index contributed by atoms with van der Waals surface area (Å²) < 4.78 is 0. The van der Waals surface area contributed by atoms with Crippen LogP contribution in [0.4, 0.5) is 0 Å². The number of rotatable bonds is 8. The largest absolute Gasteiger partial charge is 0.481 e. The zero-order valence-electron chi connectivity index (χ0n) is 17.0. The van der Waals surface area contributed by atoms with Crippen LogP contribution in [-0.2, 0) is 15.1 Å². The van der Waals surface area contributed by atoms with E-state index in [1.807, 2.05) is 0 Å². The van der Waals surface area contributed by atoms with Gasteiger partial charge in [-0.3, -0.25) is 9.59 Å². The summed E-state index contributed by atoms with van der Waals surface area (Å²) in [4.78, 5) is 37.9. The number of aliphatic carboxylic acids is 2. The van der Waals surface area contributed by atoms with Gasteiger partial charge >= 0.3 is 11.9 Å². The zero-order valence-corrected chi connectivity index (χ0v) is 17.0. The summed E-state index contributed by atoms with van der Waals surface area (Å²) in [5.41, 5.74) is -0.802. The van der Waals surface area contributed by atoms with Gasteiger partial charge in [-0.25, -0.2) is 4.79 Å². The molecule has 3 N–H and O–H groups in total. The molecule has 3 rings (SSSR count). The van der Waals surface area contributed by atoms with E-state index in [4.69, 9.17) is 0 Å². The summed E-state index contributed by atoms with van der Waals surface area (Å²) in [6, 6.07) is 23.1. The number of amides is 1. The van der Waals surface area contributed by atoms with Gasteiger partial charge < -0.3 is 15.5 Å². The minimum atomic E-state index is -1.98. The molecule has 6 nitrogen and oxygen atoms in total. The first-order valence-electron chi connectivity index (χ1n) is 9.90. The molecule has 2 atom stereocenters. The molecule has 0 bridgehead atoms. The minimum absolute atomic E-state index is 0.215. The van der Waals surface area contributed by atoms with Crippen molar-refractivity contribution in [2.75, 3.05) is 0 Å². The Bertz CT molecular complexity index is 1080. The zero-order chi connectivity index (χ0) is 22.4. The smallest absolute Gasteiger partial charge is 0.338 e. The average Bonchev–Trinajstić information content (AvgIpc) is 2.79. The van der Waals surface area contributed by atoms with Crippen LogP contribution in [0.3, 0.4) is 0 Å². The Morgan fingerprint density at radius 3 is 1.94 bits per heavy atom. The molecule has 1 amide bonds. The van der Waals surface area contributed by atoms with Crippen LogP contribution in [0.5, 0.6) is 0 Å². The van der Waals surface area contributed by atoms with Crippen LogP contribution in [0.1, 0.15) is 46.3 Å². The van der Waals surface area contributed by atoms with E-state index in [0.29, 0.717) is 16.7 Å². The molecule has 0 saturated heterocycles. The van der Waals surface area contributed by atoms with Crippen LogP contribution in [0.2, 0.25) is 0 Å². The van der Waals surface area contributed by atoms with E-state index >= 15 is 0 Å². The lowest BCUT2D eigenvalue weighted by Crippen LogP contribution is -2.53. The summed E-state index contributed by atoms with van der Waals surface area (Å²) in [6.07, 6.45) is 0.267. The molecular weight excluding hydrogens is 394 g/mol. The van der Waals surface area contributed by atoms with Crippen molar-refractivity contribution in [2.24, 2.45) is 0 Å². The summed E-state index contributed by atoms with van der Waals surface area (Å²) >= 11 is 0. The molecule has 31 heavy (non-hydrogen) atoms. The van der Waals surface area contributed by atoms with E-state index in [1.165, 1.54) is 0 Å². The third-order valence-corrected chi connectivity index (χ3v) is 5.31. The SMILES string of the molecule is CCC(C(=O)O)c1ccccc1C(NC(=O)c1ccccc1)(C(=O)O)c1ccccc1. The molecule has 0 heterocycles. The lowest BCUT2D eigenvalue weighted by molar-refractivity contribution is -0.143. The highest BCUT2D eigenvalue weighted by Gasteiger charge is 2.46. The lowest BCUT2D eigenvalue weighted by atomic mass is 9.77. The first-order valence-corrected chi connectivity index (χ1v) is 9.90. The molecule has 3 aromatic rings. The first kappa shape index (κ1) is 21.8. The van der Waals surface area contributed by atoms with Crippen molar-refractivity contribution in [1.82, 2.24) is 5.32 Å². The molecule has 0 aliphatic rings. The number of hydrogen-bond acceptors (Lipinski definition) is 3.